The number of para-hydroxylation sites is 1. The molecule has 4 rings (SSSR count). The first kappa shape index (κ1) is 12.5. The van der Waals surface area contributed by atoms with Gasteiger partial charge < -0.3 is 4.90 Å². The van der Waals surface area contributed by atoms with Gasteiger partial charge >= 0.3 is 0 Å². The van der Waals surface area contributed by atoms with Gasteiger partial charge in [0.1, 0.15) is 0 Å². The summed E-state index contributed by atoms with van der Waals surface area (Å²) in [4.78, 5) is 3.70. The monoisotopic (exact) mass is 297 g/mol. The molecule has 0 spiro atoms. The number of nitrogens with zero attached hydrogens (tertiary/aromatic N) is 5. The fraction of sp³-hybridized carbons (Fsp3) is 0.267. The van der Waals surface area contributed by atoms with Crippen molar-refractivity contribution in [2.24, 2.45) is 0 Å². The van der Waals surface area contributed by atoms with Gasteiger partial charge in [-0.05, 0) is 46.8 Å². The number of hydrogen-bond donors (Lipinski definition) is 0. The molecule has 5 nitrogen and oxygen atoms in total. The first-order chi connectivity index (χ1) is 10.4. The van der Waals surface area contributed by atoms with Crippen LogP contribution in [0.2, 0.25) is 0 Å². The van der Waals surface area contributed by atoms with Crippen molar-refractivity contribution in [2.75, 3.05) is 11.4 Å². The summed E-state index contributed by atoms with van der Waals surface area (Å²) in [5.41, 5.74) is 0.995. The summed E-state index contributed by atoms with van der Waals surface area (Å²) in [6.07, 6.45) is 2.33. The van der Waals surface area contributed by atoms with Crippen LogP contribution < -0.4 is 4.90 Å². The van der Waals surface area contributed by atoms with Crippen LogP contribution in [0.5, 0.6) is 0 Å². The van der Waals surface area contributed by atoms with Gasteiger partial charge in [-0.3, -0.25) is 0 Å². The van der Waals surface area contributed by atoms with Crippen molar-refractivity contribution in [2.45, 2.75) is 18.9 Å². The van der Waals surface area contributed by atoms with E-state index in [1.165, 1.54) is 11.3 Å². The Morgan fingerprint density at radius 1 is 1.10 bits per heavy atom. The molecule has 3 heterocycles. The van der Waals surface area contributed by atoms with Crippen molar-refractivity contribution in [1.29, 1.82) is 0 Å². The number of tetrazole rings is 1. The Morgan fingerprint density at radius 2 is 2.00 bits per heavy atom. The fourth-order valence-corrected chi connectivity index (χ4v) is 3.75. The smallest absolute Gasteiger partial charge is 0.250 e. The summed E-state index contributed by atoms with van der Waals surface area (Å²) in [7, 11) is 0. The van der Waals surface area contributed by atoms with E-state index in [0.29, 0.717) is 6.04 Å². The third-order valence-electron chi connectivity index (χ3n) is 3.84. The summed E-state index contributed by atoms with van der Waals surface area (Å²) in [5, 5.41) is 14.4. The van der Waals surface area contributed by atoms with Crippen LogP contribution in [0.25, 0.3) is 5.69 Å². The maximum Gasteiger partial charge on any atom is 0.250 e. The second-order valence-corrected chi connectivity index (χ2v) is 6.07. The van der Waals surface area contributed by atoms with Gasteiger partial charge in [-0.15, -0.1) is 11.3 Å². The topological polar surface area (TPSA) is 46.8 Å². The molecule has 106 valence electrons. The standard InChI is InChI=1S/C15H15N5S/c1-2-6-12(7-3-1)20-15(16-17-18-20)19-10-4-8-13(19)14-9-5-11-21-14/h1-3,5-7,9,11,13H,4,8,10H2. The van der Waals surface area contributed by atoms with E-state index in [1.807, 2.05) is 35.0 Å². The Kier molecular flexibility index (Phi) is 3.16. The molecule has 0 radical (unpaired) electrons. The maximum absolute atomic E-state index is 4.27. The summed E-state index contributed by atoms with van der Waals surface area (Å²) in [6.45, 7) is 0.996. The highest BCUT2D eigenvalue weighted by Crippen LogP contribution is 2.37. The van der Waals surface area contributed by atoms with E-state index in [0.717, 1.165) is 24.6 Å². The average Bonchev–Trinajstić information content (AvgIpc) is 3.27. The van der Waals surface area contributed by atoms with Crippen LogP contribution in [0.4, 0.5) is 5.95 Å². The van der Waals surface area contributed by atoms with Crippen molar-refractivity contribution in [3.8, 4) is 5.69 Å². The van der Waals surface area contributed by atoms with Gasteiger partial charge in [-0.25, -0.2) is 0 Å². The minimum Gasteiger partial charge on any atom is -0.332 e. The van der Waals surface area contributed by atoms with Crippen LogP contribution in [0, 0.1) is 0 Å². The van der Waals surface area contributed by atoms with Gasteiger partial charge in [0.2, 0.25) is 0 Å². The zero-order chi connectivity index (χ0) is 14.1. The molecular weight excluding hydrogens is 282 g/mol. The third-order valence-corrected chi connectivity index (χ3v) is 4.81. The predicted molar refractivity (Wildman–Crippen MR) is 82.8 cm³/mol. The highest BCUT2D eigenvalue weighted by molar-refractivity contribution is 7.10. The normalized spacial score (nSPS) is 18.3. The highest BCUT2D eigenvalue weighted by atomic mass is 32.1. The van der Waals surface area contributed by atoms with Gasteiger partial charge in [0.05, 0.1) is 11.7 Å². The van der Waals surface area contributed by atoms with Crippen LogP contribution >= 0.6 is 11.3 Å². The third kappa shape index (κ3) is 2.21. The summed E-state index contributed by atoms with van der Waals surface area (Å²) < 4.78 is 1.83. The van der Waals surface area contributed by atoms with E-state index in [9.17, 15) is 0 Å². The Hall–Kier alpha value is -2.21. The minimum atomic E-state index is 0.387. The molecule has 1 aliphatic heterocycles. The molecule has 3 aromatic rings. The molecule has 0 N–H and O–H groups in total. The van der Waals surface area contributed by atoms with E-state index in [-0.39, 0.29) is 0 Å². The van der Waals surface area contributed by atoms with E-state index in [2.05, 4.69) is 37.9 Å². The average molecular weight is 297 g/mol. The highest BCUT2D eigenvalue weighted by Gasteiger charge is 2.30. The van der Waals surface area contributed by atoms with E-state index >= 15 is 0 Å². The van der Waals surface area contributed by atoms with Gasteiger partial charge in [-0.1, -0.05) is 29.4 Å². The summed E-state index contributed by atoms with van der Waals surface area (Å²) in [5.74, 6) is 0.831. The zero-order valence-electron chi connectivity index (χ0n) is 11.5. The van der Waals surface area contributed by atoms with Crippen LogP contribution in [0.3, 0.4) is 0 Å². The first-order valence-electron chi connectivity index (χ1n) is 7.07. The number of aromatic nitrogens is 4. The van der Waals surface area contributed by atoms with E-state index in [4.69, 9.17) is 0 Å². The second kappa shape index (κ2) is 5.29. The van der Waals surface area contributed by atoms with E-state index < -0.39 is 0 Å². The van der Waals surface area contributed by atoms with Gasteiger partial charge in [-0.2, -0.15) is 4.68 Å². The molecule has 1 atom stereocenters. The van der Waals surface area contributed by atoms with Gasteiger partial charge in [0.25, 0.3) is 5.95 Å². The van der Waals surface area contributed by atoms with E-state index in [1.54, 1.807) is 11.3 Å². The molecule has 1 saturated heterocycles. The second-order valence-electron chi connectivity index (χ2n) is 5.09. The van der Waals surface area contributed by atoms with Crippen LogP contribution in [0.1, 0.15) is 23.8 Å². The lowest BCUT2D eigenvalue weighted by Gasteiger charge is -2.24. The van der Waals surface area contributed by atoms with Crippen molar-refractivity contribution in [1.82, 2.24) is 20.2 Å². The zero-order valence-corrected chi connectivity index (χ0v) is 12.3. The number of rotatable bonds is 3. The summed E-state index contributed by atoms with van der Waals surface area (Å²) >= 11 is 1.80. The van der Waals surface area contributed by atoms with Crippen molar-refractivity contribution >= 4 is 17.3 Å². The van der Waals surface area contributed by atoms with Crippen LogP contribution in [0.15, 0.2) is 47.8 Å². The number of thiophene rings is 1. The quantitative estimate of drug-likeness (QED) is 0.745. The van der Waals surface area contributed by atoms with Crippen LogP contribution in [-0.2, 0) is 0 Å². The van der Waals surface area contributed by atoms with Crippen molar-refractivity contribution in [3.63, 3.8) is 0 Å². The fourth-order valence-electron chi connectivity index (χ4n) is 2.88. The Labute approximate surface area is 126 Å². The van der Waals surface area contributed by atoms with Crippen molar-refractivity contribution < 1.29 is 0 Å². The molecule has 1 unspecified atom stereocenters. The SMILES string of the molecule is c1ccc(-n2nnnc2N2CCCC2c2cccs2)cc1. The van der Waals surface area contributed by atoms with Crippen LogP contribution in [-0.4, -0.2) is 26.8 Å². The molecule has 6 heteroatoms. The largest absolute Gasteiger partial charge is 0.332 e. The van der Waals surface area contributed by atoms with Gasteiger partial charge in [0, 0.05) is 11.4 Å². The Morgan fingerprint density at radius 3 is 2.81 bits per heavy atom. The minimum absolute atomic E-state index is 0.387. The molecule has 1 aromatic carbocycles. The number of anilines is 1. The molecule has 1 aliphatic rings. The molecule has 0 saturated carbocycles. The maximum atomic E-state index is 4.27. The molecule has 0 bridgehead atoms. The Balaban J connectivity index is 1.72. The lowest BCUT2D eigenvalue weighted by Crippen LogP contribution is -2.25. The molecule has 21 heavy (non-hydrogen) atoms. The molecular formula is C15H15N5S. The summed E-state index contributed by atoms with van der Waals surface area (Å²) in [6, 6.07) is 14.7. The molecule has 1 fully saturated rings. The molecule has 0 aliphatic carbocycles. The predicted octanol–water partition coefficient (Wildman–Crippen LogP) is 3.07. The van der Waals surface area contributed by atoms with Crippen molar-refractivity contribution in [3.05, 3.63) is 52.7 Å². The molecule has 2 aromatic heterocycles. The first-order valence-corrected chi connectivity index (χ1v) is 7.95. The van der Waals surface area contributed by atoms with Gasteiger partial charge in [0.15, 0.2) is 0 Å². The number of hydrogen-bond acceptors (Lipinski definition) is 5. The lowest BCUT2D eigenvalue weighted by molar-refractivity contribution is 0.698. The lowest BCUT2D eigenvalue weighted by atomic mass is 10.2. The number of benzene rings is 1. The Bertz CT molecular complexity index is 707. The molecule has 0 amide bonds.